The number of pyridine rings is 1. The van der Waals surface area contributed by atoms with E-state index in [2.05, 4.69) is 27.5 Å². The first-order valence-corrected chi connectivity index (χ1v) is 7.46. The topological polar surface area (TPSA) is 26.0 Å². The van der Waals surface area contributed by atoms with Crippen molar-refractivity contribution in [2.45, 2.75) is 6.92 Å². The first-order valence-electron chi connectivity index (χ1n) is 6.67. The molecule has 0 radical (unpaired) electrons. The van der Waals surface area contributed by atoms with Gasteiger partial charge in [0.15, 0.2) is 0 Å². The molecule has 3 heteroatoms. The van der Waals surface area contributed by atoms with Crippen LogP contribution in [-0.2, 0) is 0 Å². The number of benzene rings is 1. The Kier molecular flexibility index (Phi) is 3.76. The number of rotatable bonds is 3. The number of para-hydroxylation sites is 1. The summed E-state index contributed by atoms with van der Waals surface area (Å²) < 4.78 is 6.99. The molecule has 0 saturated carbocycles. The van der Waals surface area contributed by atoms with E-state index in [-0.39, 0.29) is 0 Å². The maximum Gasteiger partial charge on any atom is 0.144 e. The second-order valence-electron chi connectivity index (χ2n) is 4.63. The zero-order valence-corrected chi connectivity index (χ0v) is 13.2. The van der Waals surface area contributed by atoms with Crippen LogP contribution in [0.5, 0.6) is 0 Å². The van der Waals surface area contributed by atoms with Crippen LogP contribution in [0.1, 0.15) is 18.2 Å². The van der Waals surface area contributed by atoms with Crippen LogP contribution in [0.3, 0.4) is 0 Å². The molecule has 1 aromatic carbocycles. The summed E-state index contributed by atoms with van der Waals surface area (Å²) in [4.78, 5) is 4.46. The molecule has 2 heterocycles. The Hall–Kier alpha value is -2.13. The monoisotopic (exact) mass is 339 g/mol. The van der Waals surface area contributed by atoms with Gasteiger partial charge in [-0.2, -0.15) is 0 Å². The number of allylic oxidation sites excluding steroid dienone is 1. The number of fused-ring (bicyclic) bond motifs is 1. The van der Waals surface area contributed by atoms with Crippen molar-refractivity contribution in [3.05, 3.63) is 65.0 Å². The minimum atomic E-state index is 0.826. The van der Waals surface area contributed by atoms with Gasteiger partial charge < -0.3 is 4.42 Å². The minimum Gasteiger partial charge on any atom is -0.455 e. The zero-order valence-electron chi connectivity index (χ0n) is 11.6. The van der Waals surface area contributed by atoms with Crippen LogP contribution < -0.4 is 0 Å². The molecule has 0 fully saturated rings. The molecule has 3 rings (SSSR count). The Morgan fingerprint density at radius 1 is 1.24 bits per heavy atom. The van der Waals surface area contributed by atoms with Gasteiger partial charge in [-0.05, 0) is 47.1 Å². The van der Waals surface area contributed by atoms with Crippen LogP contribution in [0.2, 0.25) is 0 Å². The van der Waals surface area contributed by atoms with E-state index < -0.39 is 0 Å². The predicted molar refractivity (Wildman–Crippen MR) is 91.9 cm³/mol. The van der Waals surface area contributed by atoms with Crippen molar-refractivity contribution >= 4 is 39.1 Å². The van der Waals surface area contributed by atoms with Crippen LogP contribution in [0, 0.1) is 0 Å². The summed E-state index contributed by atoms with van der Waals surface area (Å²) >= 11 is 3.41. The zero-order chi connectivity index (χ0) is 14.8. The summed E-state index contributed by atoms with van der Waals surface area (Å²) in [5.74, 6) is 0.826. The summed E-state index contributed by atoms with van der Waals surface area (Å²) in [5, 5.41) is 1.06. The highest BCUT2D eigenvalue weighted by Gasteiger charge is 2.14. The highest BCUT2D eigenvalue weighted by Crippen LogP contribution is 2.34. The van der Waals surface area contributed by atoms with Gasteiger partial charge in [0.25, 0.3) is 0 Å². The van der Waals surface area contributed by atoms with Crippen molar-refractivity contribution in [2.24, 2.45) is 0 Å². The number of aromatic nitrogens is 1. The second kappa shape index (κ2) is 5.70. The van der Waals surface area contributed by atoms with E-state index in [0.29, 0.717) is 0 Å². The van der Waals surface area contributed by atoms with Crippen LogP contribution in [0.25, 0.3) is 34.4 Å². The van der Waals surface area contributed by atoms with Gasteiger partial charge in [-0.15, -0.1) is 0 Å². The lowest BCUT2D eigenvalue weighted by Crippen LogP contribution is -1.83. The lowest BCUT2D eigenvalue weighted by atomic mass is 10.0. The highest BCUT2D eigenvalue weighted by atomic mass is 79.9. The predicted octanol–water partition coefficient (Wildman–Crippen LogP) is 5.93. The Labute approximate surface area is 131 Å². The third-order valence-electron chi connectivity index (χ3n) is 3.31. The molecule has 104 valence electrons. The highest BCUT2D eigenvalue weighted by molar-refractivity contribution is 9.10. The molecule has 21 heavy (non-hydrogen) atoms. The van der Waals surface area contributed by atoms with E-state index in [9.17, 15) is 0 Å². The van der Waals surface area contributed by atoms with E-state index >= 15 is 0 Å². The molecule has 2 nitrogen and oxygen atoms in total. The first kappa shape index (κ1) is 13.8. The third-order valence-corrected chi connectivity index (χ3v) is 3.78. The van der Waals surface area contributed by atoms with E-state index in [4.69, 9.17) is 4.42 Å². The number of nitrogens with zero attached hydrogens (tertiary/aromatic N) is 1. The van der Waals surface area contributed by atoms with Gasteiger partial charge in [-0.3, -0.25) is 4.98 Å². The van der Waals surface area contributed by atoms with Crippen molar-refractivity contribution in [1.82, 2.24) is 4.98 Å². The van der Waals surface area contributed by atoms with Crippen LogP contribution in [0.4, 0.5) is 0 Å². The summed E-state index contributed by atoms with van der Waals surface area (Å²) in [5.41, 5.74) is 3.73. The smallest absolute Gasteiger partial charge is 0.144 e. The van der Waals surface area contributed by atoms with Crippen molar-refractivity contribution < 1.29 is 4.42 Å². The first-order chi connectivity index (χ1) is 10.2. The van der Waals surface area contributed by atoms with E-state index in [0.717, 1.165) is 38.0 Å². The average Bonchev–Trinajstić information content (AvgIpc) is 2.85. The van der Waals surface area contributed by atoms with E-state index in [1.807, 2.05) is 55.5 Å². The normalized spacial score (nSPS) is 11.3. The molecule has 0 bridgehead atoms. The second-order valence-corrected chi connectivity index (χ2v) is 5.54. The van der Waals surface area contributed by atoms with Gasteiger partial charge in [-0.25, -0.2) is 0 Å². The summed E-state index contributed by atoms with van der Waals surface area (Å²) in [6.07, 6.45) is 7.54. The molecule has 0 N–H and O–H groups in total. The molecule has 2 aromatic heterocycles. The fourth-order valence-corrected chi connectivity index (χ4v) is 2.61. The fourth-order valence-electron chi connectivity index (χ4n) is 2.38. The van der Waals surface area contributed by atoms with Crippen LogP contribution in [-0.4, -0.2) is 4.98 Å². The largest absolute Gasteiger partial charge is 0.455 e. The minimum absolute atomic E-state index is 0.826. The van der Waals surface area contributed by atoms with Crippen LogP contribution in [0.15, 0.2) is 58.1 Å². The van der Waals surface area contributed by atoms with Crippen LogP contribution >= 0.6 is 15.9 Å². The van der Waals surface area contributed by atoms with Crippen molar-refractivity contribution in [3.63, 3.8) is 0 Å². The Morgan fingerprint density at radius 2 is 2.10 bits per heavy atom. The SMILES string of the molecule is C=Cc1c(/C=C\C)oc2c(-c3ccc(Br)cn3)cccc12. The number of furan rings is 1. The number of hydrogen-bond acceptors (Lipinski definition) is 2. The van der Waals surface area contributed by atoms with Gasteiger partial charge in [0, 0.05) is 27.2 Å². The molecular weight excluding hydrogens is 326 g/mol. The standard InChI is InChI=1S/C18H14BrNO/c1-3-6-17-13(4-2)14-7-5-8-15(18(14)21-17)16-10-9-12(19)11-20-16/h3-11H,2H2,1H3/b6-3-. The molecule has 0 aliphatic rings. The lowest BCUT2D eigenvalue weighted by molar-refractivity contribution is 0.604. The molecular formula is C18H14BrNO. The molecule has 0 spiro atoms. The number of halogens is 1. The van der Waals surface area contributed by atoms with Crippen molar-refractivity contribution in [1.29, 1.82) is 0 Å². The molecule has 3 aromatic rings. The van der Waals surface area contributed by atoms with E-state index in [1.165, 1.54) is 0 Å². The van der Waals surface area contributed by atoms with Gasteiger partial charge in [0.05, 0.1) is 5.69 Å². The van der Waals surface area contributed by atoms with Crippen molar-refractivity contribution in [3.8, 4) is 11.3 Å². The van der Waals surface area contributed by atoms with Gasteiger partial charge in [0.2, 0.25) is 0 Å². The maximum atomic E-state index is 6.04. The molecule has 0 aliphatic heterocycles. The molecule has 0 amide bonds. The summed E-state index contributed by atoms with van der Waals surface area (Å²) in [7, 11) is 0. The Bertz CT molecular complexity index is 828. The Balaban J connectivity index is 2.29. The summed E-state index contributed by atoms with van der Waals surface area (Å²) in [6, 6.07) is 10.0. The van der Waals surface area contributed by atoms with E-state index in [1.54, 1.807) is 6.20 Å². The lowest BCUT2D eigenvalue weighted by Gasteiger charge is -2.01. The van der Waals surface area contributed by atoms with Gasteiger partial charge >= 0.3 is 0 Å². The molecule has 0 unspecified atom stereocenters. The number of hydrogen-bond donors (Lipinski definition) is 0. The van der Waals surface area contributed by atoms with Gasteiger partial charge in [-0.1, -0.05) is 30.9 Å². The fraction of sp³-hybridized carbons (Fsp3) is 0.0556. The molecule has 0 aliphatic carbocycles. The average molecular weight is 340 g/mol. The molecule has 0 saturated heterocycles. The summed E-state index contributed by atoms with van der Waals surface area (Å²) in [6.45, 7) is 5.86. The Morgan fingerprint density at radius 3 is 2.76 bits per heavy atom. The molecule has 0 atom stereocenters. The maximum absolute atomic E-state index is 6.04. The van der Waals surface area contributed by atoms with Crippen molar-refractivity contribution in [2.75, 3.05) is 0 Å². The third kappa shape index (κ3) is 2.45. The van der Waals surface area contributed by atoms with Gasteiger partial charge in [0.1, 0.15) is 11.3 Å². The quantitative estimate of drug-likeness (QED) is 0.590.